The molecule has 0 amide bonds. The lowest BCUT2D eigenvalue weighted by Gasteiger charge is -2.25. The van der Waals surface area contributed by atoms with Gasteiger partial charge < -0.3 is 14.2 Å². The highest BCUT2D eigenvalue weighted by molar-refractivity contribution is 5.50. The van der Waals surface area contributed by atoms with Crippen molar-refractivity contribution in [2.45, 2.75) is 37.5 Å². The van der Waals surface area contributed by atoms with E-state index in [4.69, 9.17) is 14.2 Å². The summed E-state index contributed by atoms with van der Waals surface area (Å²) in [5, 5.41) is 0. The number of rotatable bonds is 2. The van der Waals surface area contributed by atoms with E-state index in [1.54, 1.807) is 0 Å². The Morgan fingerprint density at radius 3 is 2.88 bits per heavy atom. The van der Waals surface area contributed by atoms with E-state index < -0.39 is 0 Å². The van der Waals surface area contributed by atoms with Crippen LogP contribution in [-0.4, -0.2) is 30.1 Å². The third-order valence-electron chi connectivity index (χ3n) is 5.51. The Morgan fingerprint density at radius 2 is 1.96 bits per heavy atom. The quantitative estimate of drug-likeness (QED) is 0.778. The van der Waals surface area contributed by atoms with Gasteiger partial charge in [0.25, 0.3) is 0 Å². The van der Waals surface area contributed by atoms with Crippen LogP contribution in [0.5, 0.6) is 11.5 Å². The Morgan fingerprint density at radius 1 is 1.08 bits per heavy atom. The maximum atomic E-state index is 6.26. The molecule has 0 spiro atoms. The fourth-order valence-corrected chi connectivity index (χ4v) is 4.20. The van der Waals surface area contributed by atoms with E-state index in [0.717, 1.165) is 42.9 Å². The van der Waals surface area contributed by atoms with Gasteiger partial charge in [-0.1, -0.05) is 42.2 Å². The number of hydrogen-bond donors (Lipinski definition) is 0. The van der Waals surface area contributed by atoms with Crippen LogP contribution in [-0.2, 0) is 11.3 Å². The minimum atomic E-state index is -0.342. The van der Waals surface area contributed by atoms with Crippen molar-refractivity contribution >= 4 is 0 Å². The molecule has 5 rings (SSSR count). The first-order valence-corrected chi connectivity index (χ1v) is 9.17. The first-order valence-electron chi connectivity index (χ1n) is 9.17. The fraction of sp³-hybridized carbons (Fsp3) is 0.364. The predicted octanol–water partition coefficient (Wildman–Crippen LogP) is 3.55. The molecule has 4 nitrogen and oxygen atoms in total. The zero-order valence-electron chi connectivity index (χ0n) is 14.6. The molecule has 0 aromatic heterocycles. The number of hydrogen-bond acceptors (Lipinski definition) is 4. The van der Waals surface area contributed by atoms with Crippen LogP contribution < -0.4 is 9.47 Å². The normalized spacial score (nSPS) is 26.4. The molecule has 3 aliphatic rings. The third kappa shape index (κ3) is 2.74. The molecule has 2 aliphatic heterocycles. The van der Waals surface area contributed by atoms with Gasteiger partial charge in [-0.3, -0.25) is 4.90 Å². The van der Waals surface area contributed by atoms with Crippen molar-refractivity contribution in [1.82, 2.24) is 4.90 Å². The second-order valence-electron chi connectivity index (χ2n) is 7.12. The molecule has 2 heterocycles. The lowest BCUT2D eigenvalue weighted by atomic mass is 9.97. The van der Waals surface area contributed by atoms with Gasteiger partial charge >= 0.3 is 0 Å². The Hall–Kier alpha value is -2.48. The molecule has 2 fully saturated rings. The van der Waals surface area contributed by atoms with Crippen LogP contribution in [0.25, 0.3) is 0 Å². The lowest BCUT2D eigenvalue weighted by molar-refractivity contribution is 0.0429. The van der Waals surface area contributed by atoms with E-state index in [-0.39, 0.29) is 12.4 Å². The number of nitrogens with zero attached hydrogens (tertiary/aromatic N) is 1. The van der Waals surface area contributed by atoms with Gasteiger partial charge in [0.2, 0.25) is 6.79 Å². The average Bonchev–Trinajstić information content (AvgIpc) is 3.37. The molecule has 2 aromatic carbocycles. The van der Waals surface area contributed by atoms with Crippen LogP contribution >= 0.6 is 0 Å². The lowest BCUT2D eigenvalue weighted by Crippen LogP contribution is -2.39. The molecule has 2 atom stereocenters. The molecule has 0 N–H and O–H groups in total. The van der Waals surface area contributed by atoms with Crippen LogP contribution in [0.4, 0.5) is 0 Å². The van der Waals surface area contributed by atoms with Gasteiger partial charge in [0.1, 0.15) is 12.3 Å². The van der Waals surface area contributed by atoms with Gasteiger partial charge in [-0.05, 0) is 43.0 Å². The summed E-state index contributed by atoms with van der Waals surface area (Å²) in [5.74, 6) is 8.36. The first kappa shape index (κ1) is 15.7. The van der Waals surface area contributed by atoms with E-state index in [2.05, 4.69) is 47.1 Å². The first-order chi connectivity index (χ1) is 12.8. The van der Waals surface area contributed by atoms with Crippen LogP contribution in [0, 0.1) is 11.8 Å². The molecule has 0 unspecified atom stereocenters. The monoisotopic (exact) mass is 347 g/mol. The maximum Gasteiger partial charge on any atom is 0.231 e. The van der Waals surface area contributed by atoms with Crippen LogP contribution in [0.15, 0.2) is 48.5 Å². The topological polar surface area (TPSA) is 30.9 Å². The molecule has 26 heavy (non-hydrogen) atoms. The van der Waals surface area contributed by atoms with Crippen molar-refractivity contribution in [2.24, 2.45) is 0 Å². The standard InChI is InChI=1S/C22H21NO3/c1-2-5-18(6-3-1)14-23-15-26-22(11-4-7-21(22)23)12-10-17-8-9-19-20(13-17)25-16-24-19/h1-3,5-6,8-9,13,21H,4,7,11,14-16H2/t21-,22-/m0/s1. The van der Waals surface area contributed by atoms with Gasteiger partial charge in [-0.15, -0.1) is 0 Å². The summed E-state index contributed by atoms with van der Waals surface area (Å²) in [4.78, 5) is 2.43. The van der Waals surface area contributed by atoms with Gasteiger partial charge in [0.15, 0.2) is 11.5 Å². The summed E-state index contributed by atoms with van der Waals surface area (Å²) < 4.78 is 17.1. The van der Waals surface area contributed by atoms with Crippen molar-refractivity contribution in [3.63, 3.8) is 0 Å². The molecule has 0 bridgehead atoms. The van der Waals surface area contributed by atoms with Crippen molar-refractivity contribution in [3.8, 4) is 23.3 Å². The second kappa shape index (κ2) is 6.35. The van der Waals surface area contributed by atoms with Gasteiger partial charge in [-0.25, -0.2) is 0 Å². The molecule has 2 aromatic rings. The van der Waals surface area contributed by atoms with Crippen molar-refractivity contribution in [3.05, 3.63) is 59.7 Å². The summed E-state index contributed by atoms with van der Waals surface area (Å²) >= 11 is 0. The third-order valence-corrected chi connectivity index (χ3v) is 5.51. The van der Waals surface area contributed by atoms with Gasteiger partial charge in [0, 0.05) is 12.1 Å². The minimum Gasteiger partial charge on any atom is -0.454 e. The zero-order chi connectivity index (χ0) is 17.4. The SMILES string of the molecule is C(#C[C@@]12CCC[C@@H]1N(Cc1ccccc1)CO2)c1ccc2c(c1)OCO2. The zero-order valence-corrected chi connectivity index (χ0v) is 14.6. The maximum absolute atomic E-state index is 6.26. The summed E-state index contributed by atoms with van der Waals surface area (Å²) in [5.41, 5.74) is 1.92. The summed E-state index contributed by atoms with van der Waals surface area (Å²) in [7, 11) is 0. The average molecular weight is 347 g/mol. The number of fused-ring (bicyclic) bond motifs is 2. The molecule has 132 valence electrons. The van der Waals surface area contributed by atoms with Crippen molar-refractivity contribution in [2.75, 3.05) is 13.5 Å². The van der Waals surface area contributed by atoms with Crippen molar-refractivity contribution in [1.29, 1.82) is 0 Å². The molecular weight excluding hydrogens is 326 g/mol. The van der Waals surface area contributed by atoms with E-state index in [1.165, 1.54) is 5.56 Å². The summed E-state index contributed by atoms with van der Waals surface area (Å²) in [6.07, 6.45) is 3.30. The molecular formula is C22H21NO3. The highest BCUT2D eigenvalue weighted by Gasteiger charge is 2.50. The predicted molar refractivity (Wildman–Crippen MR) is 97.8 cm³/mol. The highest BCUT2D eigenvalue weighted by Crippen LogP contribution is 2.42. The summed E-state index contributed by atoms with van der Waals surface area (Å²) in [6.45, 7) is 1.85. The molecule has 1 saturated carbocycles. The van der Waals surface area contributed by atoms with Gasteiger partial charge in [0.05, 0.1) is 6.04 Å². The largest absolute Gasteiger partial charge is 0.454 e. The second-order valence-corrected chi connectivity index (χ2v) is 7.12. The number of benzene rings is 2. The van der Waals surface area contributed by atoms with Crippen LogP contribution in [0.2, 0.25) is 0 Å². The fourth-order valence-electron chi connectivity index (χ4n) is 4.20. The van der Waals surface area contributed by atoms with Crippen molar-refractivity contribution < 1.29 is 14.2 Å². The molecule has 1 saturated heterocycles. The Labute approximate surface area is 153 Å². The summed E-state index contributed by atoms with van der Waals surface area (Å²) in [6, 6.07) is 16.8. The van der Waals surface area contributed by atoms with E-state index in [9.17, 15) is 0 Å². The van der Waals surface area contributed by atoms with E-state index >= 15 is 0 Å². The molecule has 4 heteroatoms. The Balaban J connectivity index is 1.37. The molecule has 1 aliphatic carbocycles. The highest BCUT2D eigenvalue weighted by atomic mass is 16.7. The minimum absolute atomic E-state index is 0.287. The smallest absolute Gasteiger partial charge is 0.231 e. The Bertz CT molecular complexity index is 870. The van der Waals surface area contributed by atoms with E-state index in [0.29, 0.717) is 12.8 Å². The van der Waals surface area contributed by atoms with Crippen LogP contribution in [0.3, 0.4) is 0 Å². The Kier molecular flexibility index (Phi) is 3.85. The molecule has 0 radical (unpaired) electrons. The van der Waals surface area contributed by atoms with Gasteiger partial charge in [-0.2, -0.15) is 0 Å². The van der Waals surface area contributed by atoms with E-state index in [1.807, 2.05) is 18.2 Å². The number of ether oxygens (including phenoxy) is 3. The van der Waals surface area contributed by atoms with Crippen LogP contribution in [0.1, 0.15) is 30.4 Å².